The number of unbranched alkanes of at least 4 members (excludes halogenated alkanes) is 3. The molecule has 8 nitrogen and oxygen atoms in total. The predicted octanol–water partition coefficient (Wildman–Crippen LogP) is 6.15. The Bertz CT molecular complexity index is 1200. The van der Waals surface area contributed by atoms with E-state index in [4.69, 9.17) is 23.7 Å². The lowest BCUT2D eigenvalue weighted by molar-refractivity contribution is -0.144. The van der Waals surface area contributed by atoms with E-state index in [1.54, 1.807) is 48.5 Å². The Hall–Kier alpha value is -4.59. The van der Waals surface area contributed by atoms with Crippen molar-refractivity contribution < 1.29 is 38.1 Å². The highest BCUT2D eigenvalue weighted by atomic mass is 16.7. The molecule has 3 rings (SSSR count). The van der Waals surface area contributed by atoms with Crippen LogP contribution in [0.15, 0.2) is 85.5 Å². The van der Waals surface area contributed by atoms with Crippen LogP contribution in [0.25, 0.3) is 0 Å². The van der Waals surface area contributed by atoms with Gasteiger partial charge in [0.2, 0.25) is 6.79 Å². The average molecular weight is 519 g/mol. The van der Waals surface area contributed by atoms with Crippen molar-refractivity contribution in [1.29, 1.82) is 0 Å². The Morgan fingerprint density at radius 2 is 1.13 bits per heavy atom. The molecule has 198 valence electrons. The normalized spacial score (nSPS) is 10.2. The zero-order valence-electron chi connectivity index (χ0n) is 21.2. The van der Waals surface area contributed by atoms with Crippen LogP contribution >= 0.6 is 0 Å². The molecule has 0 spiro atoms. The number of ether oxygens (including phenoxy) is 5. The number of hydrogen-bond acceptors (Lipinski definition) is 8. The van der Waals surface area contributed by atoms with Crippen molar-refractivity contribution in [2.75, 3.05) is 13.4 Å². The minimum atomic E-state index is -0.594. The van der Waals surface area contributed by atoms with Gasteiger partial charge in [-0.2, -0.15) is 0 Å². The summed E-state index contributed by atoms with van der Waals surface area (Å²) in [5.41, 5.74) is 0.667. The Kier molecular flexibility index (Phi) is 10.9. The summed E-state index contributed by atoms with van der Waals surface area (Å²) in [5, 5.41) is 0. The van der Waals surface area contributed by atoms with Gasteiger partial charge in [0, 0.05) is 6.08 Å². The van der Waals surface area contributed by atoms with E-state index in [9.17, 15) is 14.4 Å². The number of esters is 3. The van der Waals surface area contributed by atoms with Crippen molar-refractivity contribution in [1.82, 2.24) is 0 Å². The van der Waals surface area contributed by atoms with Crippen LogP contribution in [0.5, 0.6) is 23.0 Å². The summed E-state index contributed by atoms with van der Waals surface area (Å²) in [6.45, 7) is 5.84. The van der Waals surface area contributed by atoms with Crippen LogP contribution in [-0.4, -0.2) is 31.3 Å². The summed E-state index contributed by atoms with van der Waals surface area (Å²) in [6.07, 6.45) is 5.54. The first-order valence-electron chi connectivity index (χ1n) is 12.3. The molecule has 3 aromatic carbocycles. The Morgan fingerprint density at radius 1 is 0.658 bits per heavy atom. The number of carbonyl (C=O) groups excluding carboxylic acids is 3. The highest BCUT2D eigenvalue weighted by molar-refractivity contribution is 5.92. The molecule has 0 amide bonds. The Morgan fingerprint density at radius 3 is 1.66 bits per heavy atom. The van der Waals surface area contributed by atoms with Gasteiger partial charge in [-0.15, -0.1) is 0 Å². The summed E-state index contributed by atoms with van der Waals surface area (Å²) in [4.78, 5) is 35.9. The van der Waals surface area contributed by atoms with E-state index in [0.717, 1.165) is 18.9 Å². The van der Waals surface area contributed by atoms with Gasteiger partial charge in [-0.1, -0.05) is 32.8 Å². The third-order valence-electron chi connectivity index (χ3n) is 5.28. The van der Waals surface area contributed by atoms with E-state index in [0.29, 0.717) is 35.2 Å². The second-order valence-electron chi connectivity index (χ2n) is 8.14. The molecular weight excluding hydrogens is 488 g/mol. The number of benzene rings is 3. The minimum absolute atomic E-state index is 0.264. The predicted molar refractivity (Wildman–Crippen MR) is 141 cm³/mol. The van der Waals surface area contributed by atoms with E-state index in [-0.39, 0.29) is 12.4 Å². The summed E-state index contributed by atoms with van der Waals surface area (Å²) in [7, 11) is 0. The van der Waals surface area contributed by atoms with Crippen molar-refractivity contribution in [3.63, 3.8) is 0 Å². The first-order valence-corrected chi connectivity index (χ1v) is 12.3. The van der Waals surface area contributed by atoms with Crippen molar-refractivity contribution in [3.05, 3.63) is 96.6 Å². The Labute approximate surface area is 221 Å². The number of rotatable bonds is 14. The van der Waals surface area contributed by atoms with Gasteiger partial charge in [0.05, 0.1) is 17.7 Å². The first kappa shape index (κ1) is 28.0. The molecule has 3 aromatic rings. The molecule has 0 aromatic heterocycles. The highest BCUT2D eigenvalue weighted by Gasteiger charge is 2.12. The monoisotopic (exact) mass is 518 g/mol. The molecule has 0 N–H and O–H groups in total. The first-order chi connectivity index (χ1) is 18.5. The molecular formula is C30H30O8. The molecule has 0 radical (unpaired) electrons. The standard InChI is InChI=1S/C30H30O8/c1-3-5-6-7-20-34-24-12-8-22(9-13-24)29(32)37-26-14-10-23(11-15-26)30(33)38-27-18-16-25(17-19-27)35-21-36-28(31)4-2/h4,8-19H,2-3,5-7,20-21H2,1H3. The minimum Gasteiger partial charge on any atom is -0.494 e. The maximum absolute atomic E-state index is 12.5. The molecule has 0 unspecified atom stereocenters. The quantitative estimate of drug-likeness (QED) is 0.0824. The van der Waals surface area contributed by atoms with Crippen molar-refractivity contribution >= 4 is 17.9 Å². The van der Waals surface area contributed by atoms with E-state index < -0.39 is 17.9 Å². The van der Waals surface area contributed by atoms with Gasteiger partial charge in [0.15, 0.2) is 0 Å². The molecule has 0 saturated heterocycles. The topological polar surface area (TPSA) is 97.4 Å². The van der Waals surface area contributed by atoms with Crippen LogP contribution < -0.4 is 18.9 Å². The molecule has 0 fully saturated rings. The van der Waals surface area contributed by atoms with Crippen molar-refractivity contribution in [2.24, 2.45) is 0 Å². The summed E-state index contributed by atoms with van der Waals surface area (Å²) < 4.78 is 26.4. The molecule has 0 aliphatic heterocycles. The fourth-order valence-corrected chi connectivity index (χ4v) is 3.22. The zero-order valence-corrected chi connectivity index (χ0v) is 21.2. The fraction of sp³-hybridized carbons (Fsp3) is 0.233. The van der Waals surface area contributed by atoms with Gasteiger partial charge < -0.3 is 23.7 Å². The van der Waals surface area contributed by atoms with Gasteiger partial charge in [0.25, 0.3) is 0 Å². The lowest BCUT2D eigenvalue weighted by atomic mass is 10.2. The molecule has 0 saturated carbocycles. The number of hydrogen-bond donors (Lipinski definition) is 0. The van der Waals surface area contributed by atoms with E-state index in [1.807, 2.05) is 0 Å². The molecule has 0 heterocycles. The third-order valence-corrected chi connectivity index (χ3v) is 5.28. The molecule has 0 aliphatic rings. The molecule has 0 bridgehead atoms. The second kappa shape index (κ2) is 14.8. The number of carbonyl (C=O) groups is 3. The molecule has 0 aliphatic carbocycles. The van der Waals surface area contributed by atoms with Gasteiger partial charge in [-0.25, -0.2) is 14.4 Å². The van der Waals surface area contributed by atoms with Gasteiger partial charge in [-0.05, 0) is 79.2 Å². The third kappa shape index (κ3) is 9.13. The van der Waals surface area contributed by atoms with E-state index >= 15 is 0 Å². The van der Waals surface area contributed by atoms with Crippen molar-refractivity contribution in [3.8, 4) is 23.0 Å². The average Bonchev–Trinajstić information content (AvgIpc) is 2.94. The van der Waals surface area contributed by atoms with Crippen LogP contribution in [0.3, 0.4) is 0 Å². The lowest BCUT2D eigenvalue weighted by Gasteiger charge is -2.09. The summed E-state index contributed by atoms with van der Waals surface area (Å²) in [6, 6.07) is 19.1. The molecule has 38 heavy (non-hydrogen) atoms. The van der Waals surface area contributed by atoms with Crippen molar-refractivity contribution in [2.45, 2.75) is 32.6 Å². The SMILES string of the molecule is C=CC(=O)OCOc1ccc(OC(=O)c2ccc(OC(=O)c3ccc(OCCCCCC)cc3)cc2)cc1. The Balaban J connectivity index is 1.46. The smallest absolute Gasteiger partial charge is 0.343 e. The molecule has 0 atom stereocenters. The van der Waals surface area contributed by atoms with E-state index in [1.165, 1.54) is 37.1 Å². The largest absolute Gasteiger partial charge is 0.494 e. The molecule has 8 heteroatoms. The van der Waals surface area contributed by atoms with Crippen LogP contribution in [0.2, 0.25) is 0 Å². The van der Waals surface area contributed by atoms with Gasteiger partial charge in [0.1, 0.15) is 23.0 Å². The fourth-order valence-electron chi connectivity index (χ4n) is 3.22. The highest BCUT2D eigenvalue weighted by Crippen LogP contribution is 2.21. The van der Waals surface area contributed by atoms with Crippen LogP contribution in [0.1, 0.15) is 53.3 Å². The zero-order chi connectivity index (χ0) is 27.2. The van der Waals surface area contributed by atoms with Gasteiger partial charge in [-0.3, -0.25) is 0 Å². The summed E-state index contributed by atoms with van der Waals surface area (Å²) >= 11 is 0. The maximum atomic E-state index is 12.5. The van der Waals surface area contributed by atoms with Gasteiger partial charge >= 0.3 is 17.9 Å². The van der Waals surface area contributed by atoms with E-state index in [2.05, 4.69) is 13.5 Å². The second-order valence-corrected chi connectivity index (χ2v) is 8.14. The summed E-state index contributed by atoms with van der Waals surface area (Å²) in [5.74, 6) is 0.0346. The maximum Gasteiger partial charge on any atom is 0.343 e. The van der Waals surface area contributed by atoms with Crippen LogP contribution in [0.4, 0.5) is 0 Å². The van der Waals surface area contributed by atoms with Crippen LogP contribution in [-0.2, 0) is 9.53 Å². The van der Waals surface area contributed by atoms with Crippen LogP contribution in [0, 0.1) is 0 Å². The lowest BCUT2D eigenvalue weighted by Crippen LogP contribution is -2.10.